The monoisotopic (exact) mass is 394 g/mol. The highest BCUT2D eigenvalue weighted by Gasteiger charge is 2.33. The van der Waals surface area contributed by atoms with E-state index in [1.54, 1.807) is 19.1 Å². The Morgan fingerprint density at radius 3 is 2.52 bits per heavy atom. The van der Waals surface area contributed by atoms with E-state index in [4.69, 9.17) is 4.74 Å². The van der Waals surface area contributed by atoms with Gasteiger partial charge in [-0.25, -0.2) is 8.42 Å². The van der Waals surface area contributed by atoms with Gasteiger partial charge in [0, 0.05) is 12.1 Å². The van der Waals surface area contributed by atoms with Gasteiger partial charge in [0.1, 0.15) is 12.3 Å². The number of hydrogen-bond acceptors (Lipinski definition) is 7. The van der Waals surface area contributed by atoms with Crippen LogP contribution in [0.15, 0.2) is 53.4 Å². The van der Waals surface area contributed by atoms with Gasteiger partial charge in [-0.05, 0) is 25.1 Å². The van der Waals surface area contributed by atoms with Gasteiger partial charge in [0.05, 0.1) is 24.3 Å². The zero-order valence-electron chi connectivity index (χ0n) is 14.7. The fourth-order valence-electron chi connectivity index (χ4n) is 2.34. The fourth-order valence-corrected chi connectivity index (χ4v) is 3.90. The van der Waals surface area contributed by atoms with Crippen molar-refractivity contribution < 1.29 is 27.6 Å². The summed E-state index contributed by atoms with van der Waals surface area (Å²) < 4.78 is 37.0. The van der Waals surface area contributed by atoms with E-state index in [0.717, 1.165) is 23.5 Å². The van der Waals surface area contributed by atoms with Crippen LogP contribution in [0.1, 0.15) is 6.92 Å². The van der Waals surface area contributed by atoms with Crippen LogP contribution in [0, 0.1) is 10.1 Å². The number of benzene rings is 2. The summed E-state index contributed by atoms with van der Waals surface area (Å²) in [7, 11) is -3.31. The van der Waals surface area contributed by atoms with E-state index in [-0.39, 0.29) is 5.69 Å². The van der Waals surface area contributed by atoms with Gasteiger partial charge in [0.2, 0.25) is 0 Å². The van der Waals surface area contributed by atoms with Crippen molar-refractivity contribution in [3.05, 3.63) is 58.6 Å². The molecule has 0 N–H and O–H groups in total. The van der Waals surface area contributed by atoms with E-state index in [0.29, 0.717) is 12.4 Å². The van der Waals surface area contributed by atoms with Crippen LogP contribution < -0.4 is 9.04 Å². The van der Waals surface area contributed by atoms with Crippen LogP contribution in [0.3, 0.4) is 0 Å². The van der Waals surface area contributed by atoms with Crippen LogP contribution >= 0.6 is 0 Å². The molecule has 2 rings (SSSR count). The average Bonchev–Trinajstić information content (AvgIpc) is 2.66. The second kappa shape index (κ2) is 8.49. The summed E-state index contributed by atoms with van der Waals surface area (Å²) in [6.07, 6.45) is 0. The highest BCUT2D eigenvalue weighted by Crippen LogP contribution is 2.31. The van der Waals surface area contributed by atoms with Gasteiger partial charge in [-0.3, -0.25) is 19.2 Å². The lowest BCUT2D eigenvalue weighted by molar-refractivity contribution is -0.387. The first-order valence-electron chi connectivity index (χ1n) is 7.87. The summed E-state index contributed by atoms with van der Waals surface area (Å²) in [5, 5.41) is 11.3. The van der Waals surface area contributed by atoms with Crippen molar-refractivity contribution in [2.24, 2.45) is 0 Å². The maximum absolute atomic E-state index is 13.2. The molecule has 0 saturated heterocycles. The molecular formula is C17H18N2O7S. The van der Waals surface area contributed by atoms with Crippen molar-refractivity contribution in [3.63, 3.8) is 0 Å². The third kappa shape index (κ3) is 4.53. The van der Waals surface area contributed by atoms with E-state index in [1.807, 2.05) is 0 Å². The summed E-state index contributed by atoms with van der Waals surface area (Å²) >= 11 is 0. The van der Waals surface area contributed by atoms with Crippen LogP contribution in [0.2, 0.25) is 0 Å². The van der Waals surface area contributed by atoms with Gasteiger partial charge in [-0.15, -0.1) is 0 Å². The standard InChI is InChI=1S/C17H18N2O7S/c1-3-26-14-8-6-7-13(11-14)18(12-17(20)25-2)27(23,24)16-10-5-4-9-15(16)19(21)22/h4-11H,3,12H2,1-2H3. The van der Waals surface area contributed by atoms with E-state index >= 15 is 0 Å². The zero-order valence-corrected chi connectivity index (χ0v) is 15.5. The van der Waals surface area contributed by atoms with Crippen LogP contribution in [-0.4, -0.2) is 39.6 Å². The van der Waals surface area contributed by atoms with Crippen LogP contribution in [0.4, 0.5) is 11.4 Å². The van der Waals surface area contributed by atoms with E-state index < -0.39 is 38.0 Å². The van der Waals surface area contributed by atoms with Gasteiger partial charge < -0.3 is 9.47 Å². The van der Waals surface area contributed by atoms with Crippen molar-refractivity contribution in [1.82, 2.24) is 0 Å². The summed E-state index contributed by atoms with van der Waals surface area (Å²) in [5.74, 6) is -0.429. The van der Waals surface area contributed by atoms with Crippen molar-refractivity contribution >= 4 is 27.4 Å². The van der Waals surface area contributed by atoms with E-state index in [9.17, 15) is 23.3 Å². The molecule has 0 saturated carbocycles. The Bertz CT molecular complexity index is 944. The number of para-hydroxylation sites is 1. The van der Waals surface area contributed by atoms with Crippen molar-refractivity contribution in [2.45, 2.75) is 11.8 Å². The number of anilines is 1. The molecule has 144 valence electrons. The summed E-state index contributed by atoms with van der Waals surface area (Å²) in [6.45, 7) is 1.47. The second-order valence-electron chi connectivity index (χ2n) is 5.24. The average molecular weight is 394 g/mol. The molecule has 0 aromatic heterocycles. The molecule has 0 aliphatic carbocycles. The maximum atomic E-state index is 13.2. The number of nitro groups is 1. The van der Waals surface area contributed by atoms with Gasteiger partial charge in [-0.2, -0.15) is 0 Å². The number of nitrogens with zero attached hydrogens (tertiary/aromatic N) is 2. The lowest BCUT2D eigenvalue weighted by Gasteiger charge is -2.23. The number of methoxy groups -OCH3 is 1. The number of hydrogen-bond donors (Lipinski definition) is 0. The smallest absolute Gasteiger partial charge is 0.326 e. The number of carbonyl (C=O) groups excluding carboxylic acids is 1. The fraction of sp³-hybridized carbons (Fsp3) is 0.235. The molecule has 0 aliphatic heterocycles. The van der Waals surface area contributed by atoms with Gasteiger partial charge in [0.25, 0.3) is 15.7 Å². The van der Waals surface area contributed by atoms with Gasteiger partial charge in [0.15, 0.2) is 4.90 Å². The molecule has 0 aliphatic rings. The molecule has 0 amide bonds. The maximum Gasteiger partial charge on any atom is 0.326 e. The third-order valence-corrected chi connectivity index (χ3v) is 5.37. The highest BCUT2D eigenvalue weighted by molar-refractivity contribution is 7.93. The second-order valence-corrected chi connectivity index (χ2v) is 7.07. The molecule has 2 aromatic rings. The minimum atomic E-state index is -4.43. The molecular weight excluding hydrogens is 376 g/mol. The first-order valence-corrected chi connectivity index (χ1v) is 9.31. The van der Waals surface area contributed by atoms with E-state index in [2.05, 4.69) is 4.74 Å². The normalized spacial score (nSPS) is 10.9. The summed E-state index contributed by atoms with van der Waals surface area (Å²) in [6, 6.07) is 11.0. The highest BCUT2D eigenvalue weighted by atomic mass is 32.2. The molecule has 0 radical (unpaired) electrons. The first kappa shape index (κ1) is 20.2. The number of esters is 1. The summed E-state index contributed by atoms with van der Waals surface area (Å²) in [4.78, 5) is 21.7. The zero-order chi connectivity index (χ0) is 20.0. The van der Waals surface area contributed by atoms with Crippen molar-refractivity contribution in [3.8, 4) is 5.75 Å². The molecule has 0 fully saturated rings. The van der Waals surface area contributed by atoms with Crippen molar-refractivity contribution in [1.29, 1.82) is 0 Å². The Kier molecular flexibility index (Phi) is 6.35. The molecule has 0 bridgehead atoms. The SMILES string of the molecule is CCOc1cccc(N(CC(=O)OC)S(=O)(=O)c2ccccc2[N+](=O)[O-])c1. The Balaban J connectivity index is 2.62. The number of sulfonamides is 1. The summed E-state index contributed by atoms with van der Waals surface area (Å²) in [5.41, 5.74) is -0.474. The first-order chi connectivity index (χ1) is 12.8. The Labute approximate surface area is 156 Å². The molecule has 10 heteroatoms. The molecule has 27 heavy (non-hydrogen) atoms. The lowest BCUT2D eigenvalue weighted by atomic mass is 10.3. The third-order valence-electron chi connectivity index (χ3n) is 3.55. The largest absolute Gasteiger partial charge is 0.494 e. The Morgan fingerprint density at radius 2 is 1.89 bits per heavy atom. The van der Waals surface area contributed by atoms with E-state index in [1.165, 1.54) is 24.3 Å². The molecule has 0 atom stereocenters. The molecule has 0 spiro atoms. The predicted octanol–water partition coefficient (Wildman–Crippen LogP) is 2.36. The lowest BCUT2D eigenvalue weighted by Crippen LogP contribution is -2.36. The minimum absolute atomic E-state index is 0.115. The Morgan fingerprint density at radius 1 is 1.19 bits per heavy atom. The van der Waals surface area contributed by atoms with Crippen molar-refractivity contribution in [2.75, 3.05) is 24.6 Å². The molecule has 2 aromatic carbocycles. The Hall–Kier alpha value is -3.14. The molecule has 0 heterocycles. The quantitative estimate of drug-likeness (QED) is 0.383. The van der Waals surface area contributed by atoms with Crippen LogP contribution in [0.25, 0.3) is 0 Å². The number of rotatable bonds is 8. The van der Waals surface area contributed by atoms with Crippen LogP contribution in [0.5, 0.6) is 5.75 Å². The number of ether oxygens (including phenoxy) is 2. The topological polar surface area (TPSA) is 116 Å². The predicted molar refractivity (Wildman–Crippen MR) is 97.3 cm³/mol. The minimum Gasteiger partial charge on any atom is -0.494 e. The van der Waals surface area contributed by atoms with Gasteiger partial charge >= 0.3 is 5.97 Å². The molecule has 0 unspecified atom stereocenters. The van der Waals surface area contributed by atoms with Crippen LogP contribution in [-0.2, 0) is 19.6 Å². The number of carbonyl (C=O) groups is 1. The number of nitro benzene ring substituents is 1. The molecule has 9 nitrogen and oxygen atoms in total. The van der Waals surface area contributed by atoms with Gasteiger partial charge in [-0.1, -0.05) is 18.2 Å².